The third kappa shape index (κ3) is 4.66. The Morgan fingerprint density at radius 2 is 2.05 bits per heavy atom. The zero-order valence-electron chi connectivity index (χ0n) is 10.7. The van der Waals surface area contributed by atoms with Crippen molar-refractivity contribution in [2.24, 2.45) is 0 Å². The van der Waals surface area contributed by atoms with E-state index < -0.39 is 11.9 Å². The van der Waals surface area contributed by atoms with Crippen molar-refractivity contribution in [1.29, 1.82) is 0 Å². The third-order valence-electron chi connectivity index (χ3n) is 1.97. The van der Waals surface area contributed by atoms with E-state index in [0.29, 0.717) is 6.54 Å². The van der Waals surface area contributed by atoms with E-state index >= 15 is 0 Å². The average molecular weight is 285 g/mol. The Kier molecular flexibility index (Phi) is 5.94. The van der Waals surface area contributed by atoms with Gasteiger partial charge in [0, 0.05) is 11.9 Å². The lowest BCUT2D eigenvalue weighted by Gasteiger charge is -2.03. The molecule has 0 unspecified atom stereocenters. The lowest BCUT2D eigenvalue weighted by molar-refractivity contribution is -0.120. The zero-order valence-corrected chi connectivity index (χ0v) is 11.5. The number of ether oxygens (including phenoxy) is 1. The molecule has 2 N–H and O–H groups in total. The molecular weight excluding hydrogens is 270 g/mol. The van der Waals surface area contributed by atoms with E-state index in [1.165, 1.54) is 5.38 Å². The molecule has 1 rings (SSSR count). The highest BCUT2D eigenvalue weighted by atomic mass is 32.1. The number of nitrogens with zero attached hydrogens (tertiary/aromatic N) is 1. The molecule has 0 saturated heterocycles. The van der Waals surface area contributed by atoms with Gasteiger partial charge in [0.15, 0.2) is 0 Å². The molecule has 1 aromatic rings. The van der Waals surface area contributed by atoms with Crippen LogP contribution in [0.1, 0.15) is 34.1 Å². The predicted octanol–water partition coefficient (Wildman–Crippen LogP) is 0.186. The molecule has 2 amide bonds. The highest BCUT2D eigenvalue weighted by molar-refractivity contribution is 7.11. The zero-order chi connectivity index (χ0) is 14.3. The summed E-state index contributed by atoms with van der Waals surface area (Å²) in [6.07, 6.45) is 0. The van der Waals surface area contributed by atoms with Crippen LogP contribution in [0.5, 0.6) is 0 Å². The maximum atomic E-state index is 11.6. The van der Waals surface area contributed by atoms with E-state index in [9.17, 15) is 14.4 Å². The quantitative estimate of drug-likeness (QED) is 0.727. The maximum absolute atomic E-state index is 11.6. The monoisotopic (exact) mass is 285 g/mol. The second kappa shape index (κ2) is 7.47. The van der Waals surface area contributed by atoms with Crippen molar-refractivity contribution >= 4 is 29.1 Å². The summed E-state index contributed by atoms with van der Waals surface area (Å²) in [5, 5.41) is 6.52. The van der Waals surface area contributed by atoms with E-state index in [1.54, 1.807) is 13.8 Å². The number of hydrogen-bond donors (Lipinski definition) is 2. The van der Waals surface area contributed by atoms with Gasteiger partial charge in [-0.15, -0.1) is 11.3 Å². The molecule has 8 heteroatoms. The molecule has 0 saturated carbocycles. The van der Waals surface area contributed by atoms with Crippen LogP contribution in [0.4, 0.5) is 0 Å². The van der Waals surface area contributed by atoms with Crippen molar-refractivity contribution in [1.82, 2.24) is 15.6 Å². The Morgan fingerprint density at radius 1 is 1.32 bits per heavy atom. The lowest BCUT2D eigenvalue weighted by Crippen LogP contribution is -2.36. The standard InChI is InChI=1S/C11H15N3O4S/c1-3-12-8(15)5-13-9(16)7-6-19-10(14-7)11(17)18-4-2/h6H,3-5H2,1-2H3,(H,12,15)(H,13,16). The molecule has 0 spiro atoms. The number of thiazole rings is 1. The normalized spacial score (nSPS) is 9.79. The summed E-state index contributed by atoms with van der Waals surface area (Å²) in [7, 11) is 0. The topological polar surface area (TPSA) is 97.4 Å². The minimum absolute atomic E-state index is 0.0948. The third-order valence-corrected chi connectivity index (χ3v) is 2.79. The Morgan fingerprint density at radius 3 is 2.68 bits per heavy atom. The number of nitrogens with one attached hydrogen (secondary N) is 2. The molecule has 1 aromatic heterocycles. The summed E-state index contributed by atoms with van der Waals surface area (Å²) >= 11 is 1.02. The molecule has 0 radical (unpaired) electrons. The van der Waals surface area contributed by atoms with Gasteiger partial charge in [0.2, 0.25) is 10.9 Å². The number of rotatable bonds is 6. The van der Waals surface area contributed by atoms with Crippen LogP contribution in [0.2, 0.25) is 0 Å². The van der Waals surface area contributed by atoms with Gasteiger partial charge in [-0.3, -0.25) is 9.59 Å². The number of carbonyl (C=O) groups excluding carboxylic acids is 3. The summed E-state index contributed by atoms with van der Waals surface area (Å²) in [6, 6.07) is 0. The van der Waals surface area contributed by atoms with E-state index in [1.807, 2.05) is 0 Å². The van der Waals surface area contributed by atoms with Crippen molar-refractivity contribution < 1.29 is 19.1 Å². The van der Waals surface area contributed by atoms with Gasteiger partial charge in [-0.05, 0) is 13.8 Å². The first kappa shape index (κ1) is 15.1. The molecule has 0 aromatic carbocycles. The van der Waals surface area contributed by atoms with E-state index in [-0.39, 0.29) is 29.8 Å². The van der Waals surface area contributed by atoms with Gasteiger partial charge in [0.1, 0.15) is 5.69 Å². The summed E-state index contributed by atoms with van der Waals surface area (Å²) < 4.78 is 4.76. The highest BCUT2D eigenvalue weighted by Crippen LogP contribution is 2.10. The van der Waals surface area contributed by atoms with Crippen LogP contribution in [-0.2, 0) is 9.53 Å². The van der Waals surface area contributed by atoms with Crippen LogP contribution in [0, 0.1) is 0 Å². The van der Waals surface area contributed by atoms with E-state index in [2.05, 4.69) is 15.6 Å². The Labute approximate surface area is 114 Å². The van der Waals surface area contributed by atoms with Gasteiger partial charge >= 0.3 is 5.97 Å². The van der Waals surface area contributed by atoms with Gasteiger partial charge in [0.25, 0.3) is 5.91 Å². The van der Waals surface area contributed by atoms with Gasteiger partial charge < -0.3 is 15.4 Å². The van der Waals surface area contributed by atoms with Crippen molar-refractivity contribution in [2.75, 3.05) is 19.7 Å². The molecule has 19 heavy (non-hydrogen) atoms. The first-order chi connectivity index (χ1) is 9.08. The van der Waals surface area contributed by atoms with Gasteiger partial charge in [-0.25, -0.2) is 9.78 Å². The summed E-state index contributed by atoms with van der Waals surface area (Å²) in [6.45, 7) is 4.09. The van der Waals surface area contributed by atoms with Crippen LogP contribution >= 0.6 is 11.3 Å². The molecule has 0 bridgehead atoms. The van der Waals surface area contributed by atoms with Crippen LogP contribution in [0.3, 0.4) is 0 Å². The first-order valence-electron chi connectivity index (χ1n) is 5.76. The Balaban J connectivity index is 2.54. The lowest BCUT2D eigenvalue weighted by atomic mass is 10.4. The average Bonchev–Trinajstić information content (AvgIpc) is 2.86. The number of hydrogen-bond acceptors (Lipinski definition) is 6. The largest absolute Gasteiger partial charge is 0.461 e. The minimum Gasteiger partial charge on any atom is -0.461 e. The smallest absolute Gasteiger partial charge is 0.367 e. The van der Waals surface area contributed by atoms with Crippen LogP contribution < -0.4 is 10.6 Å². The predicted molar refractivity (Wildman–Crippen MR) is 69.1 cm³/mol. The second-order valence-electron chi connectivity index (χ2n) is 3.39. The number of amides is 2. The summed E-state index contributed by atoms with van der Waals surface area (Å²) in [4.78, 5) is 38.0. The number of likely N-dealkylation sites (N-methyl/N-ethyl adjacent to an activating group) is 1. The molecule has 104 valence electrons. The molecule has 0 aliphatic carbocycles. The van der Waals surface area contributed by atoms with Crippen LogP contribution in [0.25, 0.3) is 0 Å². The highest BCUT2D eigenvalue weighted by Gasteiger charge is 2.16. The van der Waals surface area contributed by atoms with Crippen molar-refractivity contribution in [2.45, 2.75) is 13.8 Å². The molecule has 0 aliphatic heterocycles. The minimum atomic E-state index is -0.560. The molecule has 0 fully saturated rings. The van der Waals surface area contributed by atoms with Gasteiger partial charge in [-0.2, -0.15) is 0 Å². The van der Waals surface area contributed by atoms with Gasteiger partial charge in [0.05, 0.1) is 13.2 Å². The number of esters is 1. The SMILES string of the molecule is CCNC(=O)CNC(=O)c1csc(C(=O)OCC)n1. The molecule has 0 atom stereocenters. The van der Waals surface area contributed by atoms with E-state index in [0.717, 1.165) is 11.3 Å². The Bertz CT molecular complexity index is 472. The fourth-order valence-electron chi connectivity index (χ4n) is 1.18. The van der Waals surface area contributed by atoms with Crippen molar-refractivity contribution in [3.63, 3.8) is 0 Å². The van der Waals surface area contributed by atoms with Crippen LogP contribution in [-0.4, -0.2) is 42.5 Å². The van der Waals surface area contributed by atoms with Crippen molar-refractivity contribution in [3.8, 4) is 0 Å². The summed E-state index contributed by atoms with van der Waals surface area (Å²) in [5.41, 5.74) is 0.0948. The number of aromatic nitrogens is 1. The summed E-state index contributed by atoms with van der Waals surface area (Å²) in [5.74, 6) is -1.34. The first-order valence-corrected chi connectivity index (χ1v) is 6.64. The number of carbonyl (C=O) groups is 3. The molecule has 0 aliphatic rings. The maximum Gasteiger partial charge on any atom is 0.367 e. The second-order valence-corrected chi connectivity index (χ2v) is 4.25. The fraction of sp³-hybridized carbons (Fsp3) is 0.455. The molecular formula is C11H15N3O4S. The van der Waals surface area contributed by atoms with Gasteiger partial charge in [-0.1, -0.05) is 0 Å². The molecule has 1 heterocycles. The fourth-order valence-corrected chi connectivity index (χ4v) is 1.86. The van der Waals surface area contributed by atoms with Crippen molar-refractivity contribution in [3.05, 3.63) is 16.1 Å². The Hall–Kier alpha value is -1.96. The van der Waals surface area contributed by atoms with Crippen LogP contribution in [0.15, 0.2) is 5.38 Å². The van der Waals surface area contributed by atoms with E-state index in [4.69, 9.17) is 4.74 Å². The molecule has 7 nitrogen and oxygen atoms in total.